The minimum Gasteiger partial charge on any atom is -0.370 e. The van der Waals surface area contributed by atoms with E-state index in [-0.39, 0.29) is 0 Å². The van der Waals surface area contributed by atoms with E-state index in [1.165, 1.54) is 18.5 Å². The van der Waals surface area contributed by atoms with E-state index in [1.807, 2.05) is 19.4 Å². The van der Waals surface area contributed by atoms with Crippen molar-refractivity contribution in [3.63, 3.8) is 0 Å². The zero-order valence-corrected chi connectivity index (χ0v) is 11.2. The van der Waals surface area contributed by atoms with Gasteiger partial charge in [-0.3, -0.25) is 4.98 Å². The second-order valence-corrected chi connectivity index (χ2v) is 5.29. The fourth-order valence-corrected chi connectivity index (χ4v) is 2.68. The van der Waals surface area contributed by atoms with Crippen molar-refractivity contribution in [3.8, 4) is 0 Å². The molecule has 0 aromatic carbocycles. The fraction of sp³-hybridized carbons (Fsp3) is 0.583. The Morgan fingerprint density at radius 3 is 3.19 bits per heavy atom. The highest BCUT2D eigenvalue weighted by molar-refractivity contribution is 9.10. The lowest BCUT2D eigenvalue weighted by atomic mass is 9.98. The van der Waals surface area contributed by atoms with E-state index in [0.29, 0.717) is 0 Å². The van der Waals surface area contributed by atoms with Crippen LogP contribution in [0.1, 0.15) is 12.8 Å². The van der Waals surface area contributed by atoms with Crippen LogP contribution in [0.2, 0.25) is 0 Å². The topological polar surface area (TPSA) is 28.2 Å². The lowest BCUT2D eigenvalue weighted by molar-refractivity contribution is 0.402. The molecule has 0 amide bonds. The summed E-state index contributed by atoms with van der Waals surface area (Å²) >= 11 is 3.47. The van der Waals surface area contributed by atoms with Gasteiger partial charge in [-0.05, 0) is 54.3 Å². The highest BCUT2D eigenvalue weighted by Gasteiger charge is 2.19. The fourth-order valence-electron chi connectivity index (χ4n) is 2.33. The molecule has 0 saturated carbocycles. The maximum atomic E-state index is 4.23. The predicted molar refractivity (Wildman–Crippen MR) is 70.8 cm³/mol. The van der Waals surface area contributed by atoms with Crippen molar-refractivity contribution < 1.29 is 0 Å². The van der Waals surface area contributed by atoms with Crippen LogP contribution in [0.4, 0.5) is 5.69 Å². The third kappa shape index (κ3) is 2.95. The van der Waals surface area contributed by atoms with E-state index in [0.717, 1.165) is 30.0 Å². The Morgan fingerprint density at radius 2 is 2.44 bits per heavy atom. The van der Waals surface area contributed by atoms with Gasteiger partial charge >= 0.3 is 0 Å². The summed E-state index contributed by atoms with van der Waals surface area (Å²) in [6.45, 7) is 3.40. The number of rotatable bonds is 3. The summed E-state index contributed by atoms with van der Waals surface area (Å²) in [6, 6.07) is 2.15. The largest absolute Gasteiger partial charge is 0.370 e. The number of pyridine rings is 1. The van der Waals surface area contributed by atoms with E-state index in [4.69, 9.17) is 0 Å². The minimum atomic E-state index is 0.762. The third-order valence-electron chi connectivity index (χ3n) is 3.07. The van der Waals surface area contributed by atoms with E-state index in [9.17, 15) is 0 Å². The van der Waals surface area contributed by atoms with E-state index >= 15 is 0 Å². The maximum absolute atomic E-state index is 4.23. The van der Waals surface area contributed by atoms with Crippen molar-refractivity contribution in [1.82, 2.24) is 10.3 Å². The van der Waals surface area contributed by atoms with Crippen LogP contribution in [-0.2, 0) is 0 Å². The zero-order chi connectivity index (χ0) is 11.4. The Balaban J connectivity index is 2.03. The number of hydrogen-bond acceptors (Lipinski definition) is 3. The number of aromatic nitrogens is 1. The number of hydrogen-bond donors (Lipinski definition) is 1. The number of anilines is 1. The van der Waals surface area contributed by atoms with Gasteiger partial charge in [0.1, 0.15) is 0 Å². The number of nitrogens with one attached hydrogen (secondary N) is 1. The molecule has 2 heterocycles. The lowest BCUT2D eigenvalue weighted by Gasteiger charge is -2.34. The van der Waals surface area contributed by atoms with Crippen molar-refractivity contribution in [2.75, 3.05) is 31.6 Å². The van der Waals surface area contributed by atoms with Gasteiger partial charge in [-0.1, -0.05) is 0 Å². The standard InChI is InChI=1S/C12H18BrN3/c1-14-6-10-3-2-4-16(9-10)12-5-11(13)7-15-8-12/h5,7-8,10,14H,2-4,6,9H2,1H3. The Bertz CT molecular complexity index is 341. The molecule has 1 unspecified atom stereocenters. The van der Waals surface area contributed by atoms with Gasteiger partial charge in [-0.15, -0.1) is 0 Å². The summed E-state index contributed by atoms with van der Waals surface area (Å²) in [4.78, 5) is 6.66. The monoisotopic (exact) mass is 283 g/mol. The molecule has 0 spiro atoms. The first-order chi connectivity index (χ1) is 7.79. The molecule has 16 heavy (non-hydrogen) atoms. The zero-order valence-electron chi connectivity index (χ0n) is 9.62. The molecule has 0 aliphatic carbocycles. The molecule has 1 aliphatic heterocycles. The first-order valence-electron chi connectivity index (χ1n) is 5.79. The molecule has 1 aromatic rings. The SMILES string of the molecule is CNCC1CCCN(c2cncc(Br)c2)C1. The summed E-state index contributed by atoms with van der Waals surface area (Å²) in [5.41, 5.74) is 1.23. The van der Waals surface area contributed by atoms with Gasteiger partial charge in [-0.25, -0.2) is 0 Å². The molecule has 1 aromatic heterocycles. The highest BCUT2D eigenvalue weighted by Crippen LogP contribution is 2.24. The van der Waals surface area contributed by atoms with Gasteiger partial charge in [-0.2, -0.15) is 0 Å². The van der Waals surface area contributed by atoms with Crippen molar-refractivity contribution in [1.29, 1.82) is 0 Å². The van der Waals surface area contributed by atoms with Crippen LogP contribution in [0.5, 0.6) is 0 Å². The number of halogens is 1. The molecule has 1 atom stereocenters. The van der Waals surface area contributed by atoms with Crippen LogP contribution >= 0.6 is 15.9 Å². The van der Waals surface area contributed by atoms with Crippen LogP contribution in [0, 0.1) is 5.92 Å². The van der Waals surface area contributed by atoms with Crippen molar-refractivity contribution in [3.05, 3.63) is 22.9 Å². The summed E-state index contributed by atoms with van der Waals surface area (Å²) in [7, 11) is 2.03. The van der Waals surface area contributed by atoms with E-state index in [2.05, 4.69) is 37.2 Å². The lowest BCUT2D eigenvalue weighted by Crippen LogP contribution is -2.39. The quantitative estimate of drug-likeness (QED) is 0.923. The minimum absolute atomic E-state index is 0.762. The molecule has 1 aliphatic rings. The Kier molecular flexibility index (Phi) is 4.18. The molecule has 1 saturated heterocycles. The maximum Gasteiger partial charge on any atom is 0.0564 e. The molecule has 1 fully saturated rings. The van der Waals surface area contributed by atoms with Crippen molar-refractivity contribution in [2.24, 2.45) is 5.92 Å². The van der Waals surface area contributed by atoms with Crippen molar-refractivity contribution in [2.45, 2.75) is 12.8 Å². The summed E-state index contributed by atoms with van der Waals surface area (Å²) in [5, 5.41) is 3.27. The molecule has 3 nitrogen and oxygen atoms in total. The molecule has 4 heteroatoms. The van der Waals surface area contributed by atoms with Crippen LogP contribution in [0.25, 0.3) is 0 Å². The Labute approximate surface area is 105 Å². The Morgan fingerprint density at radius 1 is 1.56 bits per heavy atom. The molecular weight excluding hydrogens is 266 g/mol. The Hall–Kier alpha value is -0.610. The predicted octanol–water partition coefficient (Wildman–Crippen LogP) is 2.28. The van der Waals surface area contributed by atoms with Crippen molar-refractivity contribution >= 4 is 21.6 Å². The average Bonchev–Trinajstić information content (AvgIpc) is 2.30. The third-order valence-corrected chi connectivity index (χ3v) is 3.50. The molecule has 0 bridgehead atoms. The number of nitrogens with zero attached hydrogens (tertiary/aromatic N) is 2. The smallest absolute Gasteiger partial charge is 0.0564 e. The van der Waals surface area contributed by atoms with Gasteiger partial charge < -0.3 is 10.2 Å². The summed E-state index contributed by atoms with van der Waals surface area (Å²) < 4.78 is 1.06. The molecule has 2 rings (SSSR count). The first kappa shape index (κ1) is 11.9. The van der Waals surface area contributed by atoms with Gasteiger partial charge in [0, 0.05) is 23.8 Å². The average molecular weight is 284 g/mol. The van der Waals surface area contributed by atoms with Crippen LogP contribution in [0.15, 0.2) is 22.9 Å². The van der Waals surface area contributed by atoms with Gasteiger partial charge in [0.15, 0.2) is 0 Å². The van der Waals surface area contributed by atoms with E-state index in [1.54, 1.807) is 0 Å². The van der Waals surface area contributed by atoms with Gasteiger partial charge in [0.25, 0.3) is 0 Å². The first-order valence-corrected chi connectivity index (χ1v) is 6.59. The second kappa shape index (κ2) is 5.64. The van der Waals surface area contributed by atoms with Crippen LogP contribution in [-0.4, -0.2) is 31.7 Å². The van der Waals surface area contributed by atoms with Crippen LogP contribution < -0.4 is 10.2 Å². The summed E-state index contributed by atoms with van der Waals surface area (Å²) in [5.74, 6) is 0.762. The molecule has 1 N–H and O–H groups in total. The van der Waals surface area contributed by atoms with Gasteiger partial charge in [0.2, 0.25) is 0 Å². The second-order valence-electron chi connectivity index (χ2n) is 4.37. The van der Waals surface area contributed by atoms with E-state index < -0.39 is 0 Å². The van der Waals surface area contributed by atoms with Gasteiger partial charge in [0.05, 0.1) is 11.9 Å². The molecular formula is C12H18BrN3. The molecule has 88 valence electrons. The number of piperidine rings is 1. The normalized spacial score (nSPS) is 21.1. The van der Waals surface area contributed by atoms with Crippen LogP contribution in [0.3, 0.4) is 0 Å². The summed E-state index contributed by atoms with van der Waals surface area (Å²) in [6.07, 6.45) is 6.39. The highest BCUT2D eigenvalue weighted by atomic mass is 79.9. The molecule has 0 radical (unpaired) electrons.